The molecule has 4 N–H and O–H groups in total. The van der Waals surface area contributed by atoms with E-state index in [9.17, 15) is 0 Å². The Morgan fingerprint density at radius 2 is 1.93 bits per heavy atom. The van der Waals surface area contributed by atoms with Crippen LogP contribution in [0.4, 0.5) is 5.69 Å². The van der Waals surface area contributed by atoms with E-state index in [1.165, 1.54) is 36.0 Å². The summed E-state index contributed by atoms with van der Waals surface area (Å²) < 4.78 is 0. The highest BCUT2D eigenvalue weighted by atomic mass is 14.6. The number of nitrogen functional groups attached to an aromatic ring is 1. The normalized spacial score (nSPS) is 17.6. The van der Waals surface area contributed by atoms with Crippen LogP contribution in [0.1, 0.15) is 42.5 Å². The van der Waals surface area contributed by atoms with Crippen molar-refractivity contribution >= 4 is 5.69 Å². The minimum absolute atomic E-state index is 0.0875. The molecule has 14 heavy (non-hydrogen) atoms. The summed E-state index contributed by atoms with van der Waals surface area (Å²) in [6, 6.07) is 4.36. The molecule has 1 aliphatic rings. The van der Waals surface area contributed by atoms with E-state index in [2.05, 4.69) is 6.07 Å². The number of hydrogen-bond donors (Lipinski definition) is 2. The van der Waals surface area contributed by atoms with Gasteiger partial charge in [-0.05, 0) is 55.4 Å². The molecule has 0 aliphatic heterocycles. The van der Waals surface area contributed by atoms with Gasteiger partial charge in [0.25, 0.3) is 0 Å². The average Bonchev–Trinajstić information content (AvgIpc) is 2.17. The summed E-state index contributed by atoms with van der Waals surface area (Å²) in [4.78, 5) is 0. The lowest BCUT2D eigenvalue weighted by molar-refractivity contribution is 0.683. The number of hydrogen-bond acceptors (Lipinski definition) is 2. The van der Waals surface area contributed by atoms with Crippen molar-refractivity contribution in [1.82, 2.24) is 0 Å². The molecule has 0 saturated carbocycles. The van der Waals surface area contributed by atoms with Crippen LogP contribution in [0.3, 0.4) is 0 Å². The lowest BCUT2D eigenvalue weighted by Gasteiger charge is -2.20. The SMILES string of the molecule is CC(N)c1cc(N)c2c(c1)CCCC2. The molecule has 0 aromatic heterocycles. The first-order valence-electron chi connectivity index (χ1n) is 5.35. The Kier molecular flexibility index (Phi) is 2.46. The second-order valence-corrected chi connectivity index (χ2v) is 4.24. The molecule has 2 nitrogen and oxygen atoms in total. The zero-order valence-corrected chi connectivity index (χ0v) is 8.72. The van der Waals surface area contributed by atoms with Crippen LogP contribution in [0, 0.1) is 0 Å². The van der Waals surface area contributed by atoms with Crippen LogP contribution in [0.15, 0.2) is 12.1 Å². The van der Waals surface area contributed by atoms with Gasteiger partial charge in [0.05, 0.1) is 0 Å². The molecular formula is C12H18N2. The third-order valence-electron chi connectivity index (χ3n) is 3.05. The fourth-order valence-corrected chi connectivity index (χ4v) is 2.19. The van der Waals surface area contributed by atoms with Crippen molar-refractivity contribution in [2.75, 3.05) is 5.73 Å². The highest BCUT2D eigenvalue weighted by Gasteiger charge is 2.14. The summed E-state index contributed by atoms with van der Waals surface area (Å²) in [5.74, 6) is 0. The molecule has 1 aromatic carbocycles. The van der Waals surface area contributed by atoms with Crippen LogP contribution in [-0.2, 0) is 12.8 Å². The molecular weight excluding hydrogens is 172 g/mol. The average molecular weight is 190 g/mol. The van der Waals surface area contributed by atoms with Gasteiger partial charge in [0.1, 0.15) is 0 Å². The fraction of sp³-hybridized carbons (Fsp3) is 0.500. The Balaban J connectivity index is 2.46. The number of rotatable bonds is 1. The first-order valence-corrected chi connectivity index (χ1v) is 5.35. The lowest BCUT2D eigenvalue weighted by atomic mass is 9.88. The predicted molar refractivity (Wildman–Crippen MR) is 60.1 cm³/mol. The Morgan fingerprint density at radius 1 is 1.21 bits per heavy atom. The quantitative estimate of drug-likeness (QED) is 0.667. The van der Waals surface area contributed by atoms with E-state index in [1.807, 2.05) is 13.0 Å². The molecule has 0 amide bonds. The Bertz CT molecular complexity index is 342. The van der Waals surface area contributed by atoms with Crippen molar-refractivity contribution in [2.45, 2.75) is 38.6 Å². The molecule has 1 unspecified atom stereocenters. The van der Waals surface area contributed by atoms with Gasteiger partial charge in [-0.25, -0.2) is 0 Å². The van der Waals surface area contributed by atoms with Crippen LogP contribution < -0.4 is 11.5 Å². The van der Waals surface area contributed by atoms with Gasteiger partial charge in [-0.15, -0.1) is 0 Å². The van der Waals surface area contributed by atoms with E-state index >= 15 is 0 Å². The Labute approximate surface area is 85.3 Å². The Hall–Kier alpha value is -1.02. The smallest absolute Gasteiger partial charge is 0.0352 e. The van der Waals surface area contributed by atoms with Gasteiger partial charge in [0, 0.05) is 11.7 Å². The van der Waals surface area contributed by atoms with Crippen molar-refractivity contribution < 1.29 is 0 Å². The summed E-state index contributed by atoms with van der Waals surface area (Å²) in [6.45, 7) is 2.00. The molecule has 1 aromatic rings. The van der Waals surface area contributed by atoms with E-state index in [0.717, 1.165) is 12.1 Å². The van der Waals surface area contributed by atoms with Crippen molar-refractivity contribution in [3.05, 3.63) is 28.8 Å². The molecule has 76 valence electrons. The first kappa shape index (κ1) is 9.53. The molecule has 2 heteroatoms. The minimum Gasteiger partial charge on any atom is -0.398 e. The molecule has 0 fully saturated rings. The second-order valence-electron chi connectivity index (χ2n) is 4.24. The van der Waals surface area contributed by atoms with E-state index in [-0.39, 0.29) is 6.04 Å². The molecule has 1 atom stereocenters. The van der Waals surface area contributed by atoms with Gasteiger partial charge < -0.3 is 11.5 Å². The summed E-state index contributed by atoms with van der Waals surface area (Å²) in [7, 11) is 0. The third-order valence-corrected chi connectivity index (χ3v) is 3.05. The topological polar surface area (TPSA) is 52.0 Å². The maximum Gasteiger partial charge on any atom is 0.0352 e. The van der Waals surface area contributed by atoms with Gasteiger partial charge in [0.15, 0.2) is 0 Å². The second kappa shape index (κ2) is 3.62. The molecule has 0 radical (unpaired) electrons. The van der Waals surface area contributed by atoms with Crippen molar-refractivity contribution in [3.8, 4) is 0 Å². The standard InChI is InChI=1S/C12H18N2/c1-8(13)10-6-9-4-2-3-5-11(9)12(14)7-10/h6-8H,2-5,13-14H2,1H3. The van der Waals surface area contributed by atoms with E-state index in [0.29, 0.717) is 0 Å². The maximum absolute atomic E-state index is 6.02. The van der Waals surface area contributed by atoms with Crippen LogP contribution >= 0.6 is 0 Å². The summed E-state index contributed by atoms with van der Waals surface area (Å²) in [6.07, 6.45) is 4.87. The van der Waals surface area contributed by atoms with Gasteiger partial charge in [-0.2, -0.15) is 0 Å². The molecule has 0 heterocycles. The van der Waals surface area contributed by atoms with Crippen molar-refractivity contribution in [3.63, 3.8) is 0 Å². The van der Waals surface area contributed by atoms with Gasteiger partial charge >= 0.3 is 0 Å². The lowest BCUT2D eigenvalue weighted by Crippen LogP contribution is -2.11. The third kappa shape index (κ3) is 1.62. The first-order chi connectivity index (χ1) is 6.68. The summed E-state index contributed by atoms with van der Waals surface area (Å²) in [5.41, 5.74) is 16.8. The minimum atomic E-state index is 0.0875. The van der Waals surface area contributed by atoms with Gasteiger partial charge in [-0.1, -0.05) is 6.07 Å². The molecule has 0 bridgehead atoms. The van der Waals surface area contributed by atoms with Crippen molar-refractivity contribution in [2.24, 2.45) is 5.73 Å². The zero-order chi connectivity index (χ0) is 10.1. The van der Waals surface area contributed by atoms with E-state index in [4.69, 9.17) is 11.5 Å². The van der Waals surface area contributed by atoms with Gasteiger partial charge in [-0.3, -0.25) is 0 Å². The molecule has 1 aliphatic carbocycles. The van der Waals surface area contributed by atoms with Crippen LogP contribution in [0.5, 0.6) is 0 Å². The highest BCUT2D eigenvalue weighted by molar-refractivity contribution is 5.55. The zero-order valence-electron chi connectivity index (χ0n) is 8.72. The number of benzene rings is 1. The van der Waals surface area contributed by atoms with E-state index in [1.54, 1.807) is 0 Å². The van der Waals surface area contributed by atoms with Crippen molar-refractivity contribution in [1.29, 1.82) is 0 Å². The van der Waals surface area contributed by atoms with Gasteiger partial charge in [0.2, 0.25) is 0 Å². The van der Waals surface area contributed by atoms with Crippen LogP contribution in [-0.4, -0.2) is 0 Å². The molecule has 0 spiro atoms. The largest absolute Gasteiger partial charge is 0.398 e. The van der Waals surface area contributed by atoms with Crippen LogP contribution in [0.25, 0.3) is 0 Å². The highest BCUT2D eigenvalue weighted by Crippen LogP contribution is 2.29. The number of fused-ring (bicyclic) bond motifs is 1. The monoisotopic (exact) mass is 190 g/mol. The van der Waals surface area contributed by atoms with E-state index < -0.39 is 0 Å². The number of aryl methyl sites for hydroxylation is 1. The summed E-state index contributed by atoms with van der Waals surface area (Å²) >= 11 is 0. The number of anilines is 1. The predicted octanol–water partition coefficient (Wildman–Crippen LogP) is 2.17. The molecule has 0 saturated heterocycles. The summed E-state index contributed by atoms with van der Waals surface area (Å²) in [5, 5.41) is 0. The molecule has 2 rings (SSSR count). The van der Waals surface area contributed by atoms with Crippen LogP contribution in [0.2, 0.25) is 0 Å². The fourth-order valence-electron chi connectivity index (χ4n) is 2.19. The Morgan fingerprint density at radius 3 is 2.64 bits per heavy atom. The maximum atomic E-state index is 6.02. The number of nitrogens with two attached hydrogens (primary N) is 2.